The maximum Gasteiger partial charge on any atom is 0.273 e. The van der Waals surface area contributed by atoms with Gasteiger partial charge in [0.25, 0.3) is 12.3 Å². The summed E-state index contributed by atoms with van der Waals surface area (Å²) >= 11 is 0. The predicted octanol–water partition coefficient (Wildman–Crippen LogP) is 0.0304. The van der Waals surface area contributed by atoms with Crippen LogP contribution in [0.25, 0.3) is 0 Å². The number of hydrogen-bond donors (Lipinski definition) is 2. The van der Waals surface area contributed by atoms with E-state index < -0.39 is 25.0 Å². The fraction of sp³-hybridized carbons (Fsp3) is 0.429. The highest BCUT2D eigenvalue weighted by atomic mass is 19.3. The third-order valence-corrected chi connectivity index (χ3v) is 1.43. The van der Waals surface area contributed by atoms with Crippen LogP contribution in [0.4, 0.5) is 8.78 Å². The van der Waals surface area contributed by atoms with Crippen molar-refractivity contribution in [3.63, 3.8) is 0 Å². The Morgan fingerprint density at radius 3 is 2.93 bits per heavy atom. The van der Waals surface area contributed by atoms with Crippen LogP contribution >= 0.6 is 0 Å². The molecule has 1 rings (SSSR count). The first kappa shape index (κ1) is 10.6. The van der Waals surface area contributed by atoms with E-state index in [0.717, 1.165) is 0 Å². The molecule has 0 aliphatic carbocycles. The lowest BCUT2D eigenvalue weighted by molar-refractivity contribution is -0.00274. The number of carbonyl (C=O) groups is 1. The molecule has 5 nitrogen and oxygen atoms in total. The van der Waals surface area contributed by atoms with Crippen molar-refractivity contribution in [1.82, 2.24) is 10.5 Å². The summed E-state index contributed by atoms with van der Waals surface area (Å²) in [7, 11) is 0. The highest BCUT2D eigenvalue weighted by Gasteiger charge is 2.18. The quantitative estimate of drug-likeness (QED) is 0.728. The van der Waals surface area contributed by atoms with Gasteiger partial charge in [-0.2, -0.15) is 0 Å². The summed E-state index contributed by atoms with van der Waals surface area (Å²) in [5.41, 5.74) is -0.0218. The molecule has 7 heteroatoms. The van der Waals surface area contributed by atoms with Gasteiger partial charge in [0.05, 0.1) is 0 Å². The van der Waals surface area contributed by atoms with Crippen LogP contribution in [0.15, 0.2) is 16.9 Å². The number of rotatable bonds is 4. The van der Waals surface area contributed by atoms with Gasteiger partial charge in [-0.3, -0.25) is 4.79 Å². The number of alkyl halides is 2. The summed E-state index contributed by atoms with van der Waals surface area (Å²) < 4.78 is 27.9. The van der Waals surface area contributed by atoms with Gasteiger partial charge in [0.1, 0.15) is 12.4 Å². The largest absolute Gasteiger partial charge is 0.385 e. The molecule has 0 aliphatic rings. The lowest BCUT2D eigenvalue weighted by atomic mass is 10.3. The van der Waals surface area contributed by atoms with Crippen LogP contribution in [0.1, 0.15) is 10.5 Å². The SMILES string of the molecule is O=C(NCC(O)C(F)F)c1ccon1. The first-order chi connectivity index (χ1) is 6.61. The smallest absolute Gasteiger partial charge is 0.273 e. The van der Waals surface area contributed by atoms with Gasteiger partial charge in [-0.15, -0.1) is 0 Å². The van der Waals surface area contributed by atoms with Gasteiger partial charge in [-0.1, -0.05) is 5.16 Å². The molecule has 0 saturated carbocycles. The summed E-state index contributed by atoms with van der Waals surface area (Å²) in [6.45, 7) is -0.524. The molecule has 14 heavy (non-hydrogen) atoms. The molecule has 1 atom stereocenters. The molecule has 78 valence electrons. The van der Waals surface area contributed by atoms with E-state index in [1.165, 1.54) is 12.3 Å². The van der Waals surface area contributed by atoms with Crippen molar-refractivity contribution >= 4 is 5.91 Å². The van der Waals surface area contributed by atoms with Gasteiger partial charge in [0, 0.05) is 12.6 Å². The monoisotopic (exact) mass is 206 g/mol. The van der Waals surface area contributed by atoms with E-state index in [0.29, 0.717) is 0 Å². The van der Waals surface area contributed by atoms with Crippen molar-refractivity contribution in [2.75, 3.05) is 6.54 Å². The fourth-order valence-electron chi connectivity index (χ4n) is 0.707. The maximum atomic E-state index is 11.8. The van der Waals surface area contributed by atoms with Crippen LogP contribution < -0.4 is 5.32 Å². The zero-order chi connectivity index (χ0) is 10.6. The molecule has 0 fully saturated rings. The lowest BCUT2D eigenvalue weighted by Gasteiger charge is -2.09. The molecule has 1 aromatic heterocycles. The Labute approximate surface area is 77.7 Å². The Balaban J connectivity index is 2.36. The van der Waals surface area contributed by atoms with E-state index in [9.17, 15) is 13.6 Å². The van der Waals surface area contributed by atoms with E-state index in [4.69, 9.17) is 5.11 Å². The molecule has 0 radical (unpaired) electrons. The highest BCUT2D eigenvalue weighted by molar-refractivity contribution is 5.91. The topological polar surface area (TPSA) is 75.4 Å². The van der Waals surface area contributed by atoms with Crippen molar-refractivity contribution in [2.24, 2.45) is 0 Å². The Kier molecular flexibility index (Phi) is 3.52. The van der Waals surface area contributed by atoms with E-state index in [1.807, 2.05) is 0 Å². The van der Waals surface area contributed by atoms with Crippen LogP contribution in [0, 0.1) is 0 Å². The average Bonchev–Trinajstić information content (AvgIpc) is 2.66. The second-order valence-electron chi connectivity index (χ2n) is 2.50. The van der Waals surface area contributed by atoms with E-state index >= 15 is 0 Å². The molecule has 2 N–H and O–H groups in total. The second kappa shape index (κ2) is 4.66. The number of nitrogens with one attached hydrogen (secondary N) is 1. The fourth-order valence-corrected chi connectivity index (χ4v) is 0.707. The van der Waals surface area contributed by atoms with Crippen LogP contribution in [0.2, 0.25) is 0 Å². The highest BCUT2D eigenvalue weighted by Crippen LogP contribution is 1.99. The summed E-state index contributed by atoms with van der Waals surface area (Å²) in [5, 5.41) is 14.0. The zero-order valence-electron chi connectivity index (χ0n) is 6.98. The average molecular weight is 206 g/mol. The van der Waals surface area contributed by atoms with E-state index in [1.54, 1.807) is 0 Å². The molecule has 0 aromatic carbocycles. The van der Waals surface area contributed by atoms with Crippen LogP contribution in [0.5, 0.6) is 0 Å². The Bertz CT molecular complexity index is 289. The Morgan fingerprint density at radius 2 is 2.43 bits per heavy atom. The van der Waals surface area contributed by atoms with Crippen molar-refractivity contribution in [3.05, 3.63) is 18.0 Å². The van der Waals surface area contributed by atoms with Crippen LogP contribution in [-0.2, 0) is 0 Å². The van der Waals surface area contributed by atoms with Gasteiger partial charge < -0.3 is 14.9 Å². The van der Waals surface area contributed by atoms with Gasteiger partial charge in [-0.05, 0) is 0 Å². The van der Waals surface area contributed by atoms with Crippen molar-refractivity contribution < 1.29 is 23.2 Å². The zero-order valence-corrected chi connectivity index (χ0v) is 6.98. The normalized spacial score (nSPS) is 12.9. The predicted molar refractivity (Wildman–Crippen MR) is 40.8 cm³/mol. The molecule has 0 bridgehead atoms. The second-order valence-corrected chi connectivity index (χ2v) is 2.50. The number of carbonyl (C=O) groups excluding carboxylic acids is 1. The van der Waals surface area contributed by atoms with E-state index in [-0.39, 0.29) is 5.69 Å². The molecule has 1 unspecified atom stereocenters. The van der Waals surface area contributed by atoms with Gasteiger partial charge >= 0.3 is 0 Å². The third-order valence-electron chi connectivity index (χ3n) is 1.43. The van der Waals surface area contributed by atoms with Crippen LogP contribution in [0.3, 0.4) is 0 Å². The van der Waals surface area contributed by atoms with Crippen LogP contribution in [-0.4, -0.2) is 35.2 Å². The van der Waals surface area contributed by atoms with Gasteiger partial charge in [0.2, 0.25) is 0 Å². The van der Waals surface area contributed by atoms with Crippen molar-refractivity contribution in [2.45, 2.75) is 12.5 Å². The summed E-state index contributed by atoms with van der Waals surface area (Å²) in [4.78, 5) is 11.0. The number of hydrogen-bond acceptors (Lipinski definition) is 4. The lowest BCUT2D eigenvalue weighted by Crippen LogP contribution is -2.35. The number of halogens is 2. The summed E-state index contributed by atoms with van der Waals surface area (Å²) in [6.07, 6.45) is -3.57. The molecule has 1 heterocycles. The third kappa shape index (κ3) is 2.77. The molecule has 1 amide bonds. The standard InChI is InChI=1S/C7H8F2N2O3/c8-6(9)5(12)3-10-7(13)4-1-2-14-11-4/h1-2,5-6,12H,3H2,(H,10,13). The van der Waals surface area contributed by atoms with Gasteiger partial charge in [0.15, 0.2) is 5.69 Å². The molecule has 0 aliphatic heterocycles. The first-order valence-electron chi connectivity index (χ1n) is 3.76. The maximum absolute atomic E-state index is 11.8. The summed E-state index contributed by atoms with van der Waals surface area (Å²) in [6, 6.07) is 1.28. The van der Waals surface area contributed by atoms with E-state index in [2.05, 4.69) is 15.0 Å². The Hall–Kier alpha value is -1.50. The molecule has 0 spiro atoms. The minimum absolute atomic E-state index is 0.0218. The minimum Gasteiger partial charge on any atom is -0.385 e. The number of aliphatic hydroxyl groups is 1. The first-order valence-corrected chi connectivity index (χ1v) is 3.76. The number of aromatic nitrogens is 1. The molecular weight excluding hydrogens is 198 g/mol. The Morgan fingerprint density at radius 1 is 1.71 bits per heavy atom. The minimum atomic E-state index is -2.88. The molecule has 1 aromatic rings. The van der Waals surface area contributed by atoms with Crippen molar-refractivity contribution in [1.29, 1.82) is 0 Å². The number of amides is 1. The van der Waals surface area contributed by atoms with Crippen molar-refractivity contribution in [3.8, 4) is 0 Å². The van der Waals surface area contributed by atoms with Gasteiger partial charge in [-0.25, -0.2) is 8.78 Å². The summed E-state index contributed by atoms with van der Waals surface area (Å²) in [5.74, 6) is -0.668. The number of aliphatic hydroxyl groups excluding tert-OH is 1. The number of nitrogens with zero attached hydrogens (tertiary/aromatic N) is 1. The molecular formula is C7H8F2N2O3. The molecule has 0 saturated heterocycles.